The second-order valence-corrected chi connectivity index (χ2v) is 7.80. The molecule has 0 bridgehead atoms. The van der Waals surface area contributed by atoms with Gasteiger partial charge in [-0.05, 0) is 50.3 Å². The van der Waals surface area contributed by atoms with Crippen LogP contribution in [0.2, 0.25) is 0 Å². The van der Waals surface area contributed by atoms with Crippen LogP contribution in [-0.2, 0) is 0 Å². The number of ether oxygens (including phenoxy) is 1. The van der Waals surface area contributed by atoms with Gasteiger partial charge in [-0.2, -0.15) is 0 Å². The van der Waals surface area contributed by atoms with Gasteiger partial charge in [-0.1, -0.05) is 49.6 Å². The maximum Gasteiger partial charge on any atom is 0.232 e. The summed E-state index contributed by atoms with van der Waals surface area (Å²) in [6, 6.07) is 13.6. The summed E-state index contributed by atoms with van der Waals surface area (Å²) < 4.78 is 8.04. The van der Waals surface area contributed by atoms with Crippen LogP contribution in [0.1, 0.15) is 62.5 Å². The molecule has 30 heavy (non-hydrogen) atoms. The zero-order valence-corrected chi connectivity index (χ0v) is 18.1. The van der Waals surface area contributed by atoms with Crippen LogP contribution in [0.5, 0.6) is 5.88 Å². The molecule has 7 heteroatoms. The van der Waals surface area contributed by atoms with Crippen molar-refractivity contribution in [3.8, 4) is 5.88 Å². The smallest absolute Gasteiger partial charge is 0.232 e. The normalized spacial score (nSPS) is 18.0. The Morgan fingerprint density at radius 1 is 0.933 bits per heavy atom. The van der Waals surface area contributed by atoms with E-state index in [9.17, 15) is 0 Å². The fraction of sp³-hybridized carbons (Fsp3) is 0.609. The Kier molecular flexibility index (Phi) is 11.5. The van der Waals surface area contributed by atoms with Crippen molar-refractivity contribution in [3.63, 3.8) is 0 Å². The maximum atomic E-state index is 7.00. The summed E-state index contributed by atoms with van der Waals surface area (Å²) in [5, 5.41) is 23.6. The van der Waals surface area contributed by atoms with E-state index < -0.39 is 0 Å². The van der Waals surface area contributed by atoms with Gasteiger partial charge in [-0.3, -0.25) is 20.1 Å². The monoisotopic (exact) mass is 419 g/mol. The number of nitrogens with zero attached hydrogens (tertiary/aromatic N) is 3. The number of piperidine rings is 1. The molecule has 2 heterocycles. The SMILES string of the molecule is CO.OO.c1ccc(C2CCN(CCOc3ccn(C4CCCCC4)n3)CC2)cc1. The minimum atomic E-state index is 0.582. The number of hydrogen-bond acceptors (Lipinski definition) is 6. The van der Waals surface area contributed by atoms with Crippen LogP contribution < -0.4 is 4.74 Å². The molecule has 1 saturated carbocycles. The summed E-state index contributed by atoms with van der Waals surface area (Å²) in [4.78, 5) is 2.53. The highest BCUT2D eigenvalue weighted by molar-refractivity contribution is 5.20. The molecular formula is C23H37N3O4. The number of aliphatic hydroxyl groups is 1. The fourth-order valence-electron chi connectivity index (χ4n) is 4.44. The van der Waals surface area contributed by atoms with E-state index in [0.717, 1.165) is 32.1 Å². The molecule has 0 spiro atoms. The molecule has 0 atom stereocenters. The molecule has 2 fully saturated rings. The summed E-state index contributed by atoms with van der Waals surface area (Å²) in [6.07, 6.45) is 11.2. The van der Waals surface area contributed by atoms with Crippen molar-refractivity contribution in [2.45, 2.75) is 56.9 Å². The van der Waals surface area contributed by atoms with Crippen molar-refractivity contribution in [2.24, 2.45) is 0 Å². The van der Waals surface area contributed by atoms with Crippen molar-refractivity contribution in [2.75, 3.05) is 33.4 Å². The van der Waals surface area contributed by atoms with E-state index in [1.165, 1.54) is 63.6 Å². The minimum Gasteiger partial charge on any atom is -0.475 e. The molecule has 2 aromatic rings. The Hall–Kier alpha value is -1.93. The molecule has 1 aliphatic heterocycles. The Morgan fingerprint density at radius 2 is 1.60 bits per heavy atom. The number of hydrogen-bond donors (Lipinski definition) is 3. The van der Waals surface area contributed by atoms with Gasteiger partial charge in [0.15, 0.2) is 0 Å². The Morgan fingerprint density at radius 3 is 2.27 bits per heavy atom. The average Bonchev–Trinajstić information content (AvgIpc) is 3.32. The van der Waals surface area contributed by atoms with Gasteiger partial charge < -0.3 is 9.84 Å². The topological polar surface area (TPSA) is 91.0 Å². The van der Waals surface area contributed by atoms with E-state index >= 15 is 0 Å². The van der Waals surface area contributed by atoms with Crippen LogP contribution >= 0.6 is 0 Å². The van der Waals surface area contributed by atoms with E-state index in [1.807, 2.05) is 6.07 Å². The largest absolute Gasteiger partial charge is 0.475 e. The summed E-state index contributed by atoms with van der Waals surface area (Å²) in [5.74, 6) is 1.51. The second-order valence-electron chi connectivity index (χ2n) is 7.80. The van der Waals surface area contributed by atoms with Gasteiger partial charge in [0.2, 0.25) is 5.88 Å². The lowest BCUT2D eigenvalue weighted by atomic mass is 9.89. The molecule has 3 N–H and O–H groups in total. The van der Waals surface area contributed by atoms with Crippen LogP contribution in [0.15, 0.2) is 42.6 Å². The Balaban J connectivity index is 0.000000757. The Bertz CT molecular complexity index is 666. The summed E-state index contributed by atoms with van der Waals surface area (Å²) >= 11 is 0. The lowest BCUT2D eigenvalue weighted by Gasteiger charge is -2.31. The number of benzene rings is 1. The van der Waals surface area contributed by atoms with Gasteiger partial charge in [0.1, 0.15) is 6.61 Å². The zero-order chi connectivity index (χ0) is 21.6. The molecule has 1 aliphatic carbocycles. The van der Waals surface area contributed by atoms with Gasteiger partial charge in [0.25, 0.3) is 0 Å². The van der Waals surface area contributed by atoms with Crippen LogP contribution in [0.4, 0.5) is 0 Å². The first-order chi connectivity index (χ1) is 14.9. The number of aliphatic hydroxyl groups excluding tert-OH is 1. The van der Waals surface area contributed by atoms with E-state index in [4.69, 9.17) is 20.4 Å². The highest BCUT2D eigenvalue weighted by Gasteiger charge is 2.20. The lowest BCUT2D eigenvalue weighted by molar-refractivity contribution is -0.176. The van der Waals surface area contributed by atoms with Crippen molar-refractivity contribution in [1.29, 1.82) is 0 Å². The highest BCUT2D eigenvalue weighted by atomic mass is 17.0. The first kappa shape index (κ1) is 24.3. The van der Waals surface area contributed by atoms with Gasteiger partial charge in [-0.15, -0.1) is 5.10 Å². The van der Waals surface area contributed by atoms with Crippen molar-refractivity contribution < 1.29 is 20.4 Å². The highest BCUT2D eigenvalue weighted by Crippen LogP contribution is 2.29. The van der Waals surface area contributed by atoms with Gasteiger partial charge >= 0.3 is 0 Å². The van der Waals surface area contributed by atoms with E-state index in [2.05, 4.69) is 51.2 Å². The summed E-state index contributed by atoms with van der Waals surface area (Å²) in [7, 11) is 1.00. The molecule has 7 nitrogen and oxygen atoms in total. The molecular weight excluding hydrogens is 382 g/mol. The number of likely N-dealkylation sites (tertiary alicyclic amines) is 1. The number of aromatic nitrogens is 2. The van der Waals surface area contributed by atoms with E-state index in [-0.39, 0.29) is 0 Å². The van der Waals surface area contributed by atoms with Crippen LogP contribution in [0, 0.1) is 0 Å². The third-order valence-corrected chi connectivity index (χ3v) is 6.05. The fourth-order valence-corrected chi connectivity index (χ4v) is 4.44. The molecule has 1 saturated heterocycles. The van der Waals surface area contributed by atoms with Gasteiger partial charge in [0.05, 0.1) is 6.04 Å². The molecule has 1 aromatic carbocycles. The van der Waals surface area contributed by atoms with E-state index in [0.29, 0.717) is 6.04 Å². The molecule has 2 aliphatic rings. The second kappa shape index (κ2) is 14.1. The molecule has 0 amide bonds. The molecule has 168 valence electrons. The molecule has 1 aromatic heterocycles. The van der Waals surface area contributed by atoms with E-state index in [1.54, 1.807) is 0 Å². The van der Waals surface area contributed by atoms with Crippen LogP contribution in [0.25, 0.3) is 0 Å². The first-order valence-electron chi connectivity index (χ1n) is 11.0. The molecule has 4 rings (SSSR count). The summed E-state index contributed by atoms with van der Waals surface area (Å²) in [6.45, 7) is 4.06. The quantitative estimate of drug-likeness (QED) is 0.478. The predicted octanol–water partition coefficient (Wildman–Crippen LogP) is 4.27. The third kappa shape index (κ3) is 7.40. The van der Waals surface area contributed by atoms with Crippen molar-refractivity contribution in [1.82, 2.24) is 14.7 Å². The zero-order valence-electron chi connectivity index (χ0n) is 18.1. The Labute approximate surface area is 179 Å². The van der Waals surface area contributed by atoms with Crippen molar-refractivity contribution in [3.05, 3.63) is 48.2 Å². The minimum absolute atomic E-state index is 0.582. The lowest BCUT2D eigenvalue weighted by Crippen LogP contribution is -2.35. The van der Waals surface area contributed by atoms with Crippen LogP contribution in [-0.4, -0.2) is 63.7 Å². The van der Waals surface area contributed by atoms with Crippen LogP contribution in [0.3, 0.4) is 0 Å². The predicted molar refractivity (Wildman–Crippen MR) is 118 cm³/mol. The van der Waals surface area contributed by atoms with Gasteiger partial charge in [0, 0.05) is 25.9 Å². The first-order valence-corrected chi connectivity index (χ1v) is 11.0. The average molecular weight is 420 g/mol. The standard InChI is InChI=1S/C22H31N3O.CH4O.H2O2/c1-3-7-19(8-4-1)20-11-14-24(15-12-20)17-18-26-22-13-16-25(23-22)21-9-5-2-6-10-21;2*1-2/h1,3-4,7-8,13,16,20-21H,2,5-6,9-12,14-15,17-18H2;2H,1H3;1-2H. The van der Waals surface area contributed by atoms with Gasteiger partial charge in [-0.25, -0.2) is 0 Å². The summed E-state index contributed by atoms with van der Waals surface area (Å²) in [5.41, 5.74) is 1.50. The maximum absolute atomic E-state index is 7.00. The van der Waals surface area contributed by atoms with Crippen molar-refractivity contribution >= 4 is 0 Å². The molecule has 0 unspecified atom stereocenters. The molecule has 0 radical (unpaired) electrons. The number of rotatable bonds is 6. The third-order valence-electron chi connectivity index (χ3n) is 6.05.